The molecular formula is C22H42N4O6. The molecule has 0 aromatic rings. The Morgan fingerprint density at radius 1 is 0.750 bits per heavy atom. The van der Waals surface area contributed by atoms with Gasteiger partial charge in [0.1, 0.15) is 5.78 Å². The summed E-state index contributed by atoms with van der Waals surface area (Å²) in [4.78, 5) is 46.9. The van der Waals surface area contributed by atoms with E-state index < -0.39 is 24.0 Å². The lowest BCUT2D eigenvalue weighted by Gasteiger charge is -2.14. The molecule has 0 spiro atoms. The van der Waals surface area contributed by atoms with Crippen LogP contribution in [0.15, 0.2) is 0 Å². The third-order valence-electron chi connectivity index (χ3n) is 4.82. The average Bonchev–Trinajstić information content (AvgIpc) is 2.73. The van der Waals surface area contributed by atoms with Gasteiger partial charge in [-0.05, 0) is 40.0 Å². The van der Waals surface area contributed by atoms with Gasteiger partial charge < -0.3 is 31.6 Å². The second-order valence-corrected chi connectivity index (χ2v) is 8.17. The molecule has 4 unspecified atom stereocenters. The number of hydrogen-bond donors (Lipinski definition) is 4. The van der Waals surface area contributed by atoms with Crippen LogP contribution in [-0.4, -0.2) is 74.5 Å². The Labute approximate surface area is 191 Å². The molecule has 0 bridgehead atoms. The van der Waals surface area contributed by atoms with Crippen molar-refractivity contribution in [2.45, 2.75) is 77.9 Å². The topological polar surface area (TPSA) is 163 Å². The zero-order valence-corrected chi connectivity index (χ0v) is 20.0. The predicted molar refractivity (Wildman–Crippen MR) is 122 cm³/mol. The Hall–Kier alpha value is -1.88. The number of carbonyl (C=O) groups excluding carboxylic acids is 4. The molecule has 6 N–H and O–H groups in total. The minimum atomic E-state index is -0.634. The van der Waals surface area contributed by atoms with Gasteiger partial charge in [0.2, 0.25) is 11.8 Å². The van der Waals surface area contributed by atoms with E-state index in [-0.39, 0.29) is 29.8 Å². The van der Waals surface area contributed by atoms with Crippen molar-refractivity contribution in [2.24, 2.45) is 17.4 Å². The van der Waals surface area contributed by atoms with E-state index in [0.717, 1.165) is 6.42 Å². The van der Waals surface area contributed by atoms with Gasteiger partial charge in [-0.15, -0.1) is 0 Å². The Kier molecular flexibility index (Phi) is 16.6. The smallest absolute Gasteiger partial charge is 0.237 e. The van der Waals surface area contributed by atoms with Gasteiger partial charge in [-0.2, -0.15) is 0 Å². The molecule has 186 valence electrons. The number of rotatable bonds is 19. The maximum Gasteiger partial charge on any atom is 0.237 e. The molecule has 0 aromatic carbocycles. The van der Waals surface area contributed by atoms with E-state index >= 15 is 0 Å². The molecule has 32 heavy (non-hydrogen) atoms. The zero-order valence-electron chi connectivity index (χ0n) is 20.0. The summed E-state index contributed by atoms with van der Waals surface area (Å²) in [5, 5.41) is 5.37. The van der Waals surface area contributed by atoms with Gasteiger partial charge in [0.05, 0.1) is 31.3 Å². The molecule has 0 aliphatic carbocycles. The highest BCUT2D eigenvalue weighted by Crippen LogP contribution is 2.04. The van der Waals surface area contributed by atoms with E-state index in [0.29, 0.717) is 52.2 Å². The number of nitrogens with one attached hydrogen (secondary N) is 2. The van der Waals surface area contributed by atoms with Crippen molar-refractivity contribution in [3.63, 3.8) is 0 Å². The van der Waals surface area contributed by atoms with Crippen molar-refractivity contribution in [1.82, 2.24) is 10.6 Å². The molecule has 0 aliphatic rings. The lowest BCUT2D eigenvalue weighted by Crippen LogP contribution is -2.45. The molecule has 10 heteroatoms. The third kappa shape index (κ3) is 15.0. The summed E-state index contributed by atoms with van der Waals surface area (Å²) in [6, 6.07) is -1.72. The van der Waals surface area contributed by atoms with Crippen LogP contribution in [0.4, 0.5) is 0 Å². The van der Waals surface area contributed by atoms with Gasteiger partial charge >= 0.3 is 0 Å². The van der Waals surface area contributed by atoms with Gasteiger partial charge in [0, 0.05) is 38.5 Å². The van der Waals surface area contributed by atoms with Crippen LogP contribution in [0, 0.1) is 5.92 Å². The fraction of sp³-hybridized carbons (Fsp3) is 0.818. The summed E-state index contributed by atoms with van der Waals surface area (Å²) in [5.74, 6) is -1.03. The van der Waals surface area contributed by atoms with Crippen LogP contribution >= 0.6 is 0 Å². The van der Waals surface area contributed by atoms with Crippen molar-refractivity contribution in [2.75, 3.05) is 33.0 Å². The molecule has 0 saturated heterocycles. The molecule has 4 atom stereocenters. The third-order valence-corrected chi connectivity index (χ3v) is 4.82. The molecule has 10 nitrogen and oxygen atoms in total. The van der Waals surface area contributed by atoms with Crippen LogP contribution in [0.3, 0.4) is 0 Å². The summed E-state index contributed by atoms with van der Waals surface area (Å²) in [7, 11) is 0. The fourth-order valence-corrected chi connectivity index (χ4v) is 2.61. The van der Waals surface area contributed by atoms with E-state index in [4.69, 9.17) is 20.9 Å². The molecule has 0 rings (SSSR count). The number of ketones is 2. The first kappa shape index (κ1) is 30.1. The van der Waals surface area contributed by atoms with Crippen molar-refractivity contribution >= 4 is 23.4 Å². The van der Waals surface area contributed by atoms with Crippen molar-refractivity contribution in [1.29, 1.82) is 0 Å². The van der Waals surface area contributed by atoms with Crippen LogP contribution in [0.2, 0.25) is 0 Å². The highest BCUT2D eigenvalue weighted by atomic mass is 16.5. The minimum Gasteiger partial charge on any atom is -0.379 e. The van der Waals surface area contributed by atoms with E-state index in [1.807, 2.05) is 0 Å². The maximum atomic E-state index is 12.0. The number of carbonyl (C=O) groups is 4. The van der Waals surface area contributed by atoms with Crippen molar-refractivity contribution in [3.05, 3.63) is 0 Å². The summed E-state index contributed by atoms with van der Waals surface area (Å²) in [5.41, 5.74) is 11.0. The van der Waals surface area contributed by atoms with Crippen LogP contribution < -0.4 is 22.1 Å². The molecule has 0 heterocycles. The number of amides is 2. The molecule has 0 aliphatic heterocycles. The molecule has 0 saturated carbocycles. The van der Waals surface area contributed by atoms with Gasteiger partial charge in [-0.1, -0.05) is 6.92 Å². The van der Waals surface area contributed by atoms with Gasteiger partial charge in [-0.25, -0.2) is 0 Å². The summed E-state index contributed by atoms with van der Waals surface area (Å²) in [6.45, 7) is 8.97. The highest BCUT2D eigenvalue weighted by Gasteiger charge is 2.19. The summed E-state index contributed by atoms with van der Waals surface area (Å²) < 4.78 is 10.9. The minimum absolute atomic E-state index is 0.0237. The lowest BCUT2D eigenvalue weighted by atomic mass is 10.0. The first-order valence-electron chi connectivity index (χ1n) is 11.4. The second-order valence-electron chi connectivity index (χ2n) is 8.17. The SMILES string of the molecule is CC(N)C(=O)CC(C)C(=O)NCCCOCCOCCCCC(=O)C(C)NC(=O)C(C)N. The van der Waals surface area contributed by atoms with Crippen molar-refractivity contribution < 1.29 is 28.7 Å². The fourth-order valence-electron chi connectivity index (χ4n) is 2.61. The average molecular weight is 459 g/mol. The number of Topliss-reactive ketones (excluding diaryl/α,β-unsaturated/α-hetero) is 2. The Bertz CT molecular complexity index is 533. The highest BCUT2D eigenvalue weighted by molar-refractivity contribution is 5.90. The van der Waals surface area contributed by atoms with E-state index in [2.05, 4.69) is 10.6 Å². The van der Waals surface area contributed by atoms with Crippen LogP contribution in [-0.2, 0) is 28.7 Å². The zero-order chi connectivity index (χ0) is 24.5. The largest absolute Gasteiger partial charge is 0.379 e. The molecule has 0 aromatic heterocycles. The lowest BCUT2D eigenvalue weighted by molar-refractivity contribution is -0.129. The monoisotopic (exact) mass is 458 g/mol. The van der Waals surface area contributed by atoms with Gasteiger partial charge in [0.15, 0.2) is 5.78 Å². The Balaban J connectivity index is 3.56. The predicted octanol–water partition coefficient (Wildman–Crippen LogP) is 0.0597. The van der Waals surface area contributed by atoms with E-state index in [1.54, 1.807) is 27.7 Å². The van der Waals surface area contributed by atoms with Gasteiger partial charge in [0.25, 0.3) is 0 Å². The van der Waals surface area contributed by atoms with E-state index in [9.17, 15) is 19.2 Å². The first-order valence-corrected chi connectivity index (χ1v) is 11.4. The number of ether oxygens (including phenoxy) is 2. The molecule has 0 fully saturated rings. The number of hydrogen-bond acceptors (Lipinski definition) is 8. The summed E-state index contributed by atoms with van der Waals surface area (Å²) in [6.07, 6.45) is 2.62. The second kappa shape index (κ2) is 17.6. The molecular weight excluding hydrogens is 416 g/mol. The molecule has 0 radical (unpaired) electrons. The van der Waals surface area contributed by atoms with Gasteiger partial charge in [-0.3, -0.25) is 19.2 Å². The Morgan fingerprint density at radius 2 is 1.34 bits per heavy atom. The molecule has 2 amide bonds. The van der Waals surface area contributed by atoms with Crippen LogP contribution in [0.25, 0.3) is 0 Å². The standard InChI is InChI=1S/C22H42N4O6/c1-15(14-20(28)16(2)23)21(29)25-9-7-11-32-13-12-31-10-6-5-8-19(27)18(4)26-22(30)17(3)24/h15-18H,5-14,23-24H2,1-4H3,(H,25,29)(H,26,30). The summed E-state index contributed by atoms with van der Waals surface area (Å²) >= 11 is 0. The normalized spacial score (nSPS) is 14.8. The van der Waals surface area contributed by atoms with E-state index in [1.165, 1.54) is 0 Å². The van der Waals surface area contributed by atoms with Crippen molar-refractivity contribution in [3.8, 4) is 0 Å². The van der Waals surface area contributed by atoms with Crippen LogP contribution in [0.1, 0.15) is 59.8 Å². The Morgan fingerprint density at radius 3 is 1.91 bits per heavy atom. The maximum absolute atomic E-state index is 12.0. The van der Waals surface area contributed by atoms with Crippen LogP contribution in [0.5, 0.6) is 0 Å². The first-order chi connectivity index (χ1) is 15.1. The quantitative estimate of drug-likeness (QED) is 0.197. The number of nitrogens with two attached hydrogens (primary N) is 2. The number of unbranched alkanes of at least 4 members (excludes halogenated alkanes) is 1.